The lowest BCUT2D eigenvalue weighted by Crippen LogP contribution is -1.97. The van der Waals surface area contributed by atoms with Crippen LogP contribution in [0.15, 0.2) is 12.1 Å². The Hall–Kier alpha value is -1.75. The van der Waals surface area contributed by atoms with Gasteiger partial charge >= 0.3 is 5.97 Å². The van der Waals surface area contributed by atoms with Crippen molar-refractivity contribution >= 4 is 27.4 Å². The number of ether oxygens (including phenoxy) is 2. The smallest absolute Gasteiger partial charge is 0.346 e. The molecular weight excluding hydrogens is 264 g/mol. The number of aryl methyl sites for hydroxylation is 1. The summed E-state index contributed by atoms with van der Waals surface area (Å²) in [4.78, 5) is 11.7. The first-order valence-electron chi connectivity index (χ1n) is 6.29. The maximum Gasteiger partial charge on any atom is 0.346 e. The van der Waals surface area contributed by atoms with E-state index >= 15 is 0 Å². The van der Waals surface area contributed by atoms with E-state index < -0.39 is 5.97 Å². The van der Waals surface area contributed by atoms with E-state index in [1.807, 2.05) is 19.1 Å². The standard InChI is InChI=1S/C14H14O4S/c1-2-8-9-6-10-11(18-5-3-4-17-10)7-12(9)19-13(8)14(15)16/h6-7H,2-5H2,1H3,(H,15,16). The van der Waals surface area contributed by atoms with Crippen molar-refractivity contribution in [3.05, 3.63) is 22.6 Å². The van der Waals surface area contributed by atoms with Crippen LogP contribution in [0.5, 0.6) is 11.5 Å². The molecule has 5 heteroatoms. The number of benzene rings is 1. The monoisotopic (exact) mass is 278 g/mol. The third-order valence-electron chi connectivity index (χ3n) is 3.21. The number of rotatable bonds is 2. The van der Waals surface area contributed by atoms with Gasteiger partial charge in [-0.3, -0.25) is 0 Å². The van der Waals surface area contributed by atoms with Gasteiger partial charge in [0.15, 0.2) is 11.5 Å². The van der Waals surface area contributed by atoms with Crippen LogP contribution >= 0.6 is 11.3 Å². The molecule has 0 unspecified atom stereocenters. The molecule has 2 aromatic rings. The minimum Gasteiger partial charge on any atom is -0.490 e. The molecule has 0 fully saturated rings. The van der Waals surface area contributed by atoms with Crippen molar-refractivity contribution in [1.29, 1.82) is 0 Å². The van der Waals surface area contributed by atoms with Gasteiger partial charge in [-0.15, -0.1) is 11.3 Å². The Morgan fingerprint density at radius 3 is 2.63 bits per heavy atom. The zero-order valence-corrected chi connectivity index (χ0v) is 11.4. The highest BCUT2D eigenvalue weighted by Gasteiger charge is 2.20. The SMILES string of the molecule is CCc1c(C(=O)O)sc2cc3c(cc12)OCCCO3. The number of thiophene rings is 1. The number of hydrogen-bond donors (Lipinski definition) is 1. The van der Waals surface area contributed by atoms with Crippen LogP contribution in [-0.4, -0.2) is 24.3 Å². The number of aromatic carboxylic acids is 1. The summed E-state index contributed by atoms with van der Waals surface area (Å²) in [6.07, 6.45) is 1.56. The van der Waals surface area contributed by atoms with Crippen LogP contribution in [0, 0.1) is 0 Å². The average Bonchev–Trinajstić information content (AvgIpc) is 2.59. The second kappa shape index (κ2) is 4.74. The second-order valence-corrected chi connectivity index (χ2v) is 5.47. The molecule has 0 radical (unpaired) electrons. The summed E-state index contributed by atoms with van der Waals surface area (Å²) >= 11 is 1.30. The highest BCUT2D eigenvalue weighted by atomic mass is 32.1. The molecule has 100 valence electrons. The molecule has 0 amide bonds. The van der Waals surface area contributed by atoms with E-state index in [4.69, 9.17) is 9.47 Å². The van der Waals surface area contributed by atoms with Crippen LogP contribution in [0.3, 0.4) is 0 Å². The van der Waals surface area contributed by atoms with E-state index in [0.29, 0.717) is 30.3 Å². The first kappa shape index (κ1) is 12.3. The summed E-state index contributed by atoms with van der Waals surface area (Å²) in [5, 5.41) is 10.2. The summed E-state index contributed by atoms with van der Waals surface area (Å²) in [7, 11) is 0. The molecule has 4 nitrogen and oxygen atoms in total. The van der Waals surface area contributed by atoms with Gasteiger partial charge in [-0.05, 0) is 18.1 Å². The lowest BCUT2D eigenvalue weighted by molar-refractivity contribution is 0.0701. The zero-order valence-electron chi connectivity index (χ0n) is 10.6. The Morgan fingerprint density at radius 1 is 1.32 bits per heavy atom. The molecule has 0 atom stereocenters. The van der Waals surface area contributed by atoms with Gasteiger partial charge in [0.2, 0.25) is 0 Å². The molecule has 19 heavy (non-hydrogen) atoms. The Labute approximate surface area is 114 Å². The first-order chi connectivity index (χ1) is 9.20. The predicted octanol–water partition coefficient (Wildman–Crippen LogP) is 3.32. The van der Waals surface area contributed by atoms with Gasteiger partial charge in [-0.1, -0.05) is 6.92 Å². The topological polar surface area (TPSA) is 55.8 Å². The van der Waals surface area contributed by atoms with Gasteiger partial charge in [0.1, 0.15) is 4.88 Å². The number of fused-ring (bicyclic) bond motifs is 2. The summed E-state index contributed by atoms with van der Waals surface area (Å²) in [6, 6.07) is 3.81. The van der Waals surface area contributed by atoms with Crippen molar-refractivity contribution in [2.45, 2.75) is 19.8 Å². The fourth-order valence-electron chi connectivity index (χ4n) is 2.33. The molecule has 0 saturated heterocycles. The Kier molecular flexibility index (Phi) is 3.06. The molecule has 3 rings (SSSR count). The lowest BCUT2D eigenvalue weighted by atomic mass is 10.1. The van der Waals surface area contributed by atoms with Gasteiger partial charge in [0.25, 0.3) is 0 Å². The molecule has 1 aliphatic heterocycles. The number of carboxylic acids is 1. The van der Waals surface area contributed by atoms with Gasteiger partial charge in [-0.2, -0.15) is 0 Å². The Bertz CT molecular complexity index is 644. The molecule has 1 aromatic carbocycles. The predicted molar refractivity (Wildman–Crippen MR) is 73.8 cm³/mol. The van der Waals surface area contributed by atoms with Gasteiger partial charge in [0.05, 0.1) is 13.2 Å². The molecular formula is C14H14O4S. The van der Waals surface area contributed by atoms with Gasteiger partial charge < -0.3 is 14.6 Å². The van der Waals surface area contributed by atoms with Crippen molar-refractivity contribution < 1.29 is 19.4 Å². The maximum absolute atomic E-state index is 11.3. The van der Waals surface area contributed by atoms with Crippen molar-refractivity contribution in [3.63, 3.8) is 0 Å². The van der Waals surface area contributed by atoms with E-state index in [9.17, 15) is 9.90 Å². The molecule has 0 aliphatic carbocycles. The molecule has 0 spiro atoms. The van der Waals surface area contributed by atoms with E-state index in [1.165, 1.54) is 11.3 Å². The van der Waals surface area contributed by atoms with Crippen LogP contribution in [0.25, 0.3) is 10.1 Å². The molecule has 1 N–H and O–H groups in total. The third-order valence-corrected chi connectivity index (χ3v) is 4.39. The van der Waals surface area contributed by atoms with Gasteiger partial charge in [-0.25, -0.2) is 4.79 Å². The molecule has 1 aliphatic rings. The lowest BCUT2D eigenvalue weighted by Gasteiger charge is -2.07. The Balaban J connectivity index is 2.23. The first-order valence-corrected chi connectivity index (χ1v) is 7.10. The Morgan fingerprint density at radius 2 is 2.00 bits per heavy atom. The van der Waals surface area contributed by atoms with E-state index in [0.717, 1.165) is 27.8 Å². The highest BCUT2D eigenvalue weighted by Crippen LogP contribution is 2.40. The number of carboxylic acid groups (broad SMARTS) is 1. The van der Waals surface area contributed by atoms with Crippen molar-refractivity contribution in [1.82, 2.24) is 0 Å². The summed E-state index contributed by atoms with van der Waals surface area (Å²) < 4.78 is 12.2. The molecule has 0 bridgehead atoms. The highest BCUT2D eigenvalue weighted by molar-refractivity contribution is 7.21. The van der Waals surface area contributed by atoms with Crippen LogP contribution < -0.4 is 9.47 Å². The van der Waals surface area contributed by atoms with Crippen molar-refractivity contribution in [3.8, 4) is 11.5 Å². The quantitative estimate of drug-likeness (QED) is 0.915. The average molecular weight is 278 g/mol. The van der Waals surface area contributed by atoms with Crippen LogP contribution in [-0.2, 0) is 6.42 Å². The fourth-order valence-corrected chi connectivity index (χ4v) is 3.47. The summed E-state index contributed by atoms with van der Waals surface area (Å²) in [6.45, 7) is 3.24. The summed E-state index contributed by atoms with van der Waals surface area (Å²) in [5.74, 6) is 0.565. The summed E-state index contributed by atoms with van der Waals surface area (Å²) in [5.41, 5.74) is 0.878. The second-order valence-electron chi connectivity index (χ2n) is 4.41. The minimum absolute atomic E-state index is 0.414. The maximum atomic E-state index is 11.3. The fraction of sp³-hybridized carbons (Fsp3) is 0.357. The van der Waals surface area contributed by atoms with Gasteiger partial charge in [0, 0.05) is 22.6 Å². The van der Waals surface area contributed by atoms with E-state index in [2.05, 4.69) is 0 Å². The molecule has 0 saturated carbocycles. The zero-order chi connectivity index (χ0) is 13.4. The van der Waals surface area contributed by atoms with Crippen LogP contribution in [0.1, 0.15) is 28.6 Å². The number of carbonyl (C=O) groups is 1. The van der Waals surface area contributed by atoms with Crippen LogP contribution in [0.2, 0.25) is 0 Å². The normalized spacial score (nSPS) is 14.4. The van der Waals surface area contributed by atoms with E-state index in [-0.39, 0.29) is 0 Å². The van der Waals surface area contributed by atoms with Crippen molar-refractivity contribution in [2.24, 2.45) is 0 Å². The van der Waals surface area contributed by atoms with Crippen molar-refractivity contribution in [2.75, 3.05) is 13.2 Å². The molecule has 1 aromatic heterocycles. The van der Waals surface area contributed by atoms with E-state index in [1.54, 1.807) is 0 Å². The third kappa shape index (κ3) is 2.04. The van der Waals surface area contributed by atoms with Crippen LogP contribution in [0.4, 0.5) is 0 Å². The number of hydrogen-bond acceptors (Lipinski definition) is 4. The molecule has 2 heterocycles. The largest absolute Gasteiger partial charge is 0.490 e. The minimum atomic E-state index is -0.866.